The van der Waals surface area contributed by atoms with Crippen molar-refractivity contribution in [3.8, 4) is 0 Å². The number of amides is 2. The first-order valence-electron chi connectivity index (χ1n) is 10.9. The highest BCUT2D eigenvalue weighted by Gasteiger charge is 2.74. The van der Waals surface area contributed by atoms with Crippen molar-refractivity contribution in [2.24, 2.45) is 11.8 Å². The molecule has 0 saturated carbocycles. The van der Waals surface area contributed by atoms with Gasteiger partial charge in [-0.05, 0) is 17.7 Å². The van der Waals surface area contributed by atoms with Gasteiger partial charge in [0.15, 0.2) is 0 Å². The van der Waals surface area contributed by atoms with Gasteiger partial charge >= 0.3 is 0 Å². The van der Waals surface area contributed by atoms with Crippen molar-refractivity contribution >= 4 is 34.8 Å². The molecule has 0 aromatic heterocycles. The lowest BCUT2D eigenvalue weighted by atomic mass is 9.77. The van der Waals surface area contributed by atoms with E-state index in [1.54, 1.807) is 42.5 Å². The van der Waals surface area contributed by atoms with Crippen LogP contribution in [0, 0.1) is 22.0 Å². The molecule has 0 bridgehead atoms. The summed E-state index contributed by atoms with van der Waals surface area (Å²) < 4.78 is 6.19. The second-order valence-electron chi connectivity index (χ2n) is 8.68. The summed E-state index contributed by atoms with van der Waals surface area (Å²) in [4.78, 5) is 66.2. The van der Waals surface area contributed by atoms with Gasteiger partial charge in [0.1, 0.15) is 0 Å². The number of benzene rings is 3. The molecule has 3 aromatic carbocycles. The fraction of sp³-hybridized carbons (Fsp3) is 0.154. The summed E-state index contributed by atoms with van der Waals surface area (Å²) in [5.41, 5.74) is -1.37. The fourth-order valence-corrected chi connectivity index (χ4v) is 5.44. The second-order valence-corrected chi connectivity index (χ2v) is 8.68. The summed E-state index contributed by atoms with van der Waals surface area (Å²) in [6.45, 7) is 0. The SMILES string of the molecule is O=C1[C@H]2[C@H](c3ccccc3)OC3(C(=O)c4ccccc4C3=O)[C@H]2C(=O)N1c1ccc([N+](=O)[O-])cc1. The molecule has 3 aromatic rings. The van der Waals surface area contributed by atoms with Gasteiger partial charge in [-0.25, -0.2) is 4.90 Å². The van der Waals surface area contributed by atoms with Crippen molar-refractivity contribution in [3.63, 3.8) is 0 Å². The monoisotopic (exact) mass is 468 g/mol. The van der Waals surface area contributed by atoms with Crippen LogP contribution in [0.3, 0.4) is 0 Å². The Balaban J connectivity index is 1.51. The third-order valence-electron chi connectivity index (χ3n) is 6.97. The number of ether oxygens (including phenoxy) is 1. The Kier molecular flexibility index (Phi) is 4.36. The summed E-state index contributed by atoms with van der Waals surface area (Å²) in [6.07, 6.45) is -1.01. The smallest absolute Gasteiger partial charge is 0.269 e. The summed E-state index contributed by atoms with van der Waals surface area (Å²) in [7, 11) is 0. The van der Waals surface area contributed by atoms with Crippen LogP contribution in [0.25, 0.3) is 0 Å². The average Bonchev–Trinajstić information content (AvgIpc) is 3.44. The van der Waals surface area contributed by atoms with E-state index < -0.39 is 51.8 Å². The summed E-state index contributed by atoms with van der Waals surface area (Å²) in [5, 5.41) is 11.0. The first-order chi connectivity index (χ1) is 16.9. The van der Waals surface area contributed by atoms with Gasteiger partial charge in [-0.1, -0.05) is 54.6 Å². The Bertz CT molecular complexity index is 1410. The molecule has 2 saturated heterocycles. The molecule has 2 heterocycles. The molecule has 1 aliphatic carbocycles. The van der Waals surface area contributed by atoms with Gasteiger partial charge in [0.05, 0.1) is 28.6 Å². The molecular weight excluding hydrogens is 452 g/mol. The second kappa shape index (κ2) is 7.25. The molecule has 9 heteroatoms. The van der Waals surface area contributed by atoms with E-state index in [0.717, 1.165) is 4.90 Å². The molecule has 6 rings (SSSR count). The largest absolute Gasteiger partial charge is 0.349 e. The Labute approximate surface area is 198 Å². The van der Waals surface area contributed by atoms with E-state index in [1.165, 1.54) is 36.4 Å². The highest BCUT2D eigenvalue weighted by Crippen LogP contribution is 2.57. The zero-order chi connectivity index (χ0) is 24.5. The van der Waals surface area contributed by atoms with Gasteiger partial charge in [0, 0.05) is 23.3 Å². The molecule has 3 aliphatic rings. The molecule has 0 radical (unpaired) electrons. The van der Waals surface area contributed by atoms with Crippen LogP contribution in [0.4, 0.5) is 11.4 Å². The Hall–Kier alpha value is -4.50. The molecule has 0 unspecified atom stereocenters. The van der Waals surface area contributed by atoms with E-state index in [9.17, 15) is 29.3 Å². The van der Waals surface area contributed by atoms with Crippen molar-refractivity contribution < 1.29 is 28.8 Å². The number of carbonyl (C=O) groups excluding carboxylic acids is 4. The summed E-state index contributed by atoms with van der Waals surface area (Å²) >= 11 is 0. The summed E-state index contributed by atoms with van der Waals surface area (Å²) in [5.74, 6) is -5.15. The van der Waals surface area contributed by atoms with E-state index in [1.807, 2.05) is 0 Å². The van der Waals surface area contributed by atoms with Crippen LogP contribution >= 0.6 is 0 Å². The number of anilines is 1. The topological polar surface area (TPSA) is 124 Å². The normalized spacial score (nSPS) is 24.2. The first-order valence-corrected chi connectivity index (χ1v) is 10.9. The number of carbonyl (C=O) groups is 4. The number of ketones is 2. The number of Topliss-reactive ketones (excluding diaryl/α,β-unsaturated/α-hetero) is 2. The van der Waals surface area contributed by atoms with Crippen LogP contribution in [-0.4, -0.2) is 33.9 Å². The third kappa shape index (κ3) is 2.66. The molecule has 1 spiro atoms. The number of fused-ring (bicyclic) bond motifs is 3. The minimum Gasteiger partial charge on any atom is -0.349 e. The minimum atomic E-state index is -2.16. The number of hydrogen-bond acceptors (Lipinski definition) is 7. The van der Waals surface area contributed by atoms with Crippen molar-refractivity contribution in [3.05, 3.63) is 106 Å². The molecule has 35 heavy (non-hydrogen) atoms. The van der Waals surface area contributed by atoms with Crippen molar-refractivity contribution in [1.82, 2.24) is 0 Å². The van der Waals surface area contributed by atoms with Crippen LogP contribution in [-0.2, 0) is 14.3 Å². The van der Waals surface area contributed by atoms with Crippen LogP contribution in [0.2, 0.25) is 0 Å². The first kappa shape index (κ1) is 21.1. The van der Waals surface area contributed by atoms with Crippen LogP contribution in [0.1, 0.15) is 32.4 Å². The molecular formula is C26H16N2O7. The van der Waals surface area contributed by atoms with Crippen LogP contribution in [0.5, 0.6) is 0 Å². The zero-order valence-corrected chi connectivity index (χ0v) is 18.0. The summed E-state index contributed by atoms with van der Waals surface area (Å²) in [6, 6.07) is 19.9. The Morgan fingerprint density at radius 3 is 1.91 bits per heavy atom. The number of non-ortho nitro benzene ring substituents is 1. The number of imide groups is 1. The Morgan fingerprint density at radius 2 is 1.34 bits per heavy atom. The number of nitro benzene ring substituents is 1. The van der Waals surface area contributed by atoms with Crippen molar-refractivity contribution in [2.45, 2.75) is 11.7 Å². The average molecular weight is 468 g/mol. The zero-order valence-electron chi connectivity index (χ0n) is 18.0. The van der Waals surface area contributed by atoms with Crippen molar-refractivity contribution in [1.29, 1.82) is 0 Å². The molecule has 9 nitrogen and oxygen atoms in total. The van der Waals surface area contributed by atoms with Gasteiger partial charge in [-0.3, -0.25) is 29.3 Å². The molecule has 2 aliphatic heterocycles. The van der Waals surface area contributed by atoms with Crippen molar-refractivity contribution in [2.75, 3.05) is 4.90 Å². The lowest BCUT2D eigenvalue weighted by Crippen LogP contribution is -2.51. The molecule has 0 N–H and O–H groups in total. The lowest BCUT2D eigenvalue weighted by molar-refractivity contribution is -0.384. The van der Waals surface area contributed by atoms with E-state index in [0.29, 0.717) is 5.56 Å². The number of nitrogens with zero attached hydrogens (tertiary/aromatic N) is 2. The maximum Gasteiger partial charge on any atom is 0.269 e. The van der Waals surface area contributed by atoms with Gasteiger partial charge in [0.2, 0.25) is 29.0 Å². The number of hydrogen-bond donors (Lipinski definition) is 0. The number of nitro groups is 1. The predicted octanol–water partition coefficient (Wildman–Crippen LogP) is 3.29. The van der Waals surface area contributed by atoms with Gasteiger partial charge in [-0.2, -0.15) is 0 Å². The third-order valence-corrected chi connectivity index (χ3v) is 6.97. The molecule has 3 atom stereocenters. The maximum absolute atomic E-state index is 13.8. The predicted molar refractivity (Wildman–Crippen MR) is 121 cm³/mol. The van der Waals surface area contributed by atoms with E-state index in [4.69, 9.17) is 4.74 Å². The highest BCUT2D eigenvalue weighted by atomic mass is 16.6. The molecule has 172 valence electrons. The quantitative estimate of drug-likeness (QED) is 0.250. The standard InChI is InChI=1S/C26H16N2O7/c29-22-17-8-4-5-9-18(17)23(30)26(22)20-19(21(35-26)14-6-2-1-3-7-14)24(31)27(25(20)32)15-10-12-16(13-11-15)28(33)34/h1-13,19-21H/t19-,20-,21+/m1/s1. The number of rotatable bonds is 3. The van der Waals surface area contributed by atoms with Gasteiger partial charge in [-0.15, -0.1) is 0 Å². The van der Waals surface area contributed by atoms with Gasteiger partial charge < -0.3 is 4.74 Å². The molecule has 2 amide bonds. The van der Waals surface area contributed by atoms with E-state index >= 15 is 0 Å². The van der Waals surface area contributed by atoms with Crippen LogP contribution < -0.4 is 4.90 Å². The van der Waals surface area contributed by atoms with Gasteiger partial charge in [0.25, 0.3) is 5.69 Å². The molecule has 2 fully saturated rings. The maximum atomic E-state index is 13.8. The van der Waals surface area contributed by atoms with E-state index in [2.05, 4.69) is 0 Å². The minimum absolute atomic E-state index is 0.123. The van der Waals surface area contributed by atoms with E-state index in [-0.39, 0.29) is 22.5 Å². The highest BCUT2D eigenvalue weighted by molar-refractivity contribution is 6.37. The lowest BCUT2D eigenvalue weighted by Gasteiger charge is -2.27. The Morgan fingerprint density at radius 1 is 0.771 bits per heavy atom. The fourth-order valence-electron chi connectivity index (χ4n) is 5.44. The van der Waals surface area contributed by atoms with Crippen LogP contribution in [0.15, 0.2) is 78.9 Å².